The number of rotatable bonds is 7. The third kappa shape index (κ3) is 4.29. The number of aliphatic hydroxyl groups is 1. The van der Waals surface area contributed by atoms with E-state index in [1.807, 2.05) is 0 Å². The number of aliphatic hydroxyl groups excluding tert-OH is 1. The smallest absolute Gasteiger partial charge is 0.275 e. The van der Waals surface area contributed by atoms with E-state index in [1.165, 1.54) is 12.2 Å². The minimum Gasteiger partial charge on any atom is -0.509 e. The van der Waals surface area contributed by atoms with Crippen LogP contribution in [-0.4, -0.2) is 16.9 Å². The molecular weight excluding hydrogens is 382 g/mol. The number of hydrogen-bond acceptors (Lipinski definition) is 6. The Bertz CT molecular complexity index is 1150. The average Bonchev–Trinajstić information content (AvgIpc) is 3.00. The molecule has 0 fully saturated rings. The second kappa shape index (κ2) is 8.63. The van der Waals surface area contributed by atoms with Crippen molar-refractivity contribution >= 4 is 17.5 Å². The monoisotopic (exact) mass is 399 g/mol. The number of hydrogen-bond donors (Lipinski definition) is 3. The fourth-order valence-corrected chi connectivity index (χ4v) is 2.79. The molecule has 30 heavy (non-hydrogen) atoms. The first kappa shape index (κ1) is 20.2. The third-order valence-electron chi connectivity index (χ3n) is 4.12. The number of para-hydroxylation sites is 1. The van der Waals surface area contributed by atoms with Crippen molar-refractivity contribution in [3.05, 3.63) is 102 Å². The SMILES string of the molecule is C=C/C(=C\C(=C)O)C1=C(Nc2ccc(Oc3ccccc3C#N)cc2)C(=O)NC1=O. The van der Waals surface area contributed by atoms with Gasteiger partial charge in [0.25, 0.3) is 11.8 Å². The summed E-state index contributed by atoms with van der Waals surface area (Å²) in [4.78, 5) is 24.4. The van der Waals surface area contributed by atoms with Gasteiger partial charge in [-0.2, -0.15) is 5.26 Å². The quantitative estimate of drug-likeness (QED) is 0.370. The number of nitrogens with zero attached hydrogens (tertiary/aromatic N) is 1. The largest absolute Gasteiger partial charge is 0.509 e. The molecule has 0 saturated heterocycles. The van der Waals surface area contributed by atoms with Crippen molar-refractivity contribution in [1.82, 2.24) is 5.32 Å². The molecule has 2 aromatic rings. The van der Waals surface area contributed by atoms with Crippen LogP contribution in [0.2, 0.25) is 0 Å². The highest BCUT2D eigenvalue weighted by molar-refractivity contribution is 6.22. The molecule has 0 aromatic heterocycles. The molecule has 0 aliphatic carbocycles. The summed E-state index contributed by atoms with van der Waals surface area (Å²) in [6.07, 6.45) is 2.59. The lowest BCUT2D eigenvalue weighted by Crippen LogP contribution is -2.24. The Morgan fingerprint density at radius 3 is 2.47 bits per heavy atom. The molecule has 1 aliphatic heterocycles. The third-order valence-corrected chi connectivity index (χ3v) is 4.12. The van der Waals surface area contributed by atoms with Gasteiger partial charge >= 0.3 is 0 Å². The molecule has 0 atom stereocenters. The number of benzene rings is 2. The molecule has 7 nitrogen and oxygen atoms in total. The summed E-state index contributed by atoms with van der Waals surface area (Å²) in [5.74, 6) is -0.565. The molecule has 0 spiro atoms. The number of nitrogens with one attached hydrogen (secondary N) is 2. The van der Waals surface area contributed by atoms with Crippen molar-refractivity contribution in [3.8, 4) is 17.6 Å². The van der Waals surface area contributed by atoms with Gasteiger partial charge in [0.1, 0.15) is 29.0 Å². The van der Waals surface area contributed by atoms with Gasteiger partial charge in [0.15, 0.2) is 0 Å². The lowest BCUT2D eigenvalue weighted by atomic mass is 10.0. The molecule has 0 unspecified atom stereocenters. The number of carbonyl (C=O) groups is 2. The van der Waals surface area contributed by atoms with Crippen LogP contribution in [0.1, 0.15) is 5.56 Å². The van der Waals surface area contributed by atoms with Crippen LogP contribution >= 0.6 is 0 Å². The van der Waals surface area contributed by atoms with Crippen LogP contribution < -0.4 is 15.4 Å². The summed E-state index contributed by atoms with van der Waals surface area (Å²) in [6, 6.07) is 15.6. The second-order valence-electron chi connectivity index (χ2n) is 6.19. The second-order valence-corrected chi connectivity index (χ2v) is 6.19. The molecule has 3 rings (SSSR count). The van der Waals surface area contributed by atoms with Crippen LogP contribution in [0, 0.1) is 11.3 Å². The number of anilines is 1. The maximum atomic E-state index is 12.2. The van der Waals surface area contributed by atoms with Gasteiger partial charge in [-0.05, 0) is 48.0 Å². The van der Waals surface area contributed by atoms with Crippen molar-refractivity contribution in [2.45, 2.75) is 0 Å². The van der Waals surface area contributed by atoms with E-state index in [-0.39, 0.29) is 22.6 Å². The molecule has 148 valence electrons. The topological polar surface area (TPSA) is 111 Å². The summed E-state index contributed by atoms with van der Waals surface area (Å²) in [5, 5.41) is 23.7. The summed E-state index contributed by atoms with van der Waals surface area (Å²) in [6.45, 7) is 6.97. The zero-order chi connectivity index (χ0) is 21.7. The molecule has 0 saturated carbocycles. The Balaban J connectivity index is 1.87. The van der Waals surface area contributed by atoms with Crippen molar-refractivity contribution in [2.75, 3.05) is 5.32 Å². The number of nitriles is 1. The lowest BCUT2D eigenvalue weighted by Gasteiger charge is -2.10. The Kier molecular flexibility index (Phi) is 5.80. The number of carbonyl (C=O) groups excluding carboxylic acids is 2. The number of allylic oxidation sites excluding steroid dienone is 2. The molecule has 3 N–H and O–H groups in total. The molecule has 0 bridgehead atoms. The van der Waals surface area contributed by atoms with Crippen LogP contribution in [0.15, 0.2) is 96.4 Å². The van der Waals surface area contributed by atoms with Gasteiger partial charge in [-0.25, -0.2) is 0 Å². The minimum absolute atomic E-state index is 0.0240. The predicted octanol–water partition coefficient (Wildman–Crippen LogP) is 3.86. The van der Waals surface area contributed by atoms with Crippen LogP contribution in [0.25, 0.3) is 0 Å². The van der Waals surface area contributed by atoms with E-state index in [0.29, 0.717) is 22.7 Å². The number of amides is 2. The first-order chi connectivity index (χ1) is 14.4. The first-order valence-electron chi connectivity index (χ1n) is 8.79. The predicted molar refractivity (Wildman–Crippen MR) is 112 cm³/mol. The fourth-order valence-electron chi connectivity index (χ4n) is 2.79. The van der Waals surface area contributed by atoms with E-state index in [2.05, 4.69) is 29.9 Å². The van der Waals surface area contributed by atoms with Crippen molar-refractivity contribution < 1.29 is 19.4 Å². The minimum atomic E-state index is -0.608. The summed E-state index contributed by atoms with van der Waals surface area (Å²) in [7, 11) is 0. The highest BCUT2D eigenvalue weighted by atomic mass is 16.5. The van der Waals surface area contributed by atoms with Gasteiger partial charge in [-0.3, -0.25) is 14.9 Å². The Labute approximate surface area is 172 Å². The molecular formula is C23H17N3O4. The van der Waals surface area contributed by atoms with Crippen LogP contribution in [-0.2, 0) is 9.59 Å². The maximum absolute atomic E-state index is 12.2. The molecule has 7 heteroatoms. The van der Waals surface area contributed by atoms with Crippen LogP contribution in [0.3, 0.4) is 0 Å². The van der Waals surface area contributed by atoms with Gasteiger partial charge in [0.2, 0.25) is 0 Å². The molecule has 1 aliphatic rings. The molecule has 1 heterocycles. The van der Waals surface area contributed by atoms with Crippen molar-refractivity contribution in [2.24, 2.45) is 0 Å². The summed E-state index contributed by atoms with van der Waals surface area (Å²) >= 11 is 0. The van der Waals surface area contributed by atoms with Gasteiger partial charge in [0.05, 0.1) is 11.1 Å². The summed E-state index contributed by atoms with van der Waals surface area (Å²) < 4.78 is 5.73. The van der Waals surface area contributed by atoms with Gasteiger partial charge in [-0.15, -0.1) is 0 Å². The van der Waals surface area contributed by atoms with Gasteiger partial charge in [0, 0.05) is 5.69 Å². The van der Waals surface area contributed by atoms with Crippen molar-refractivity contribution in [3.63, 3.8) is 0 Å². The fraction of sp³-hybridized carbons (Fsp3) is 0. The highest BCUT2D eigenvalue weighted by Crippen LogP contribution is 2.28. The van der Waals surface area contributed by atoms with E-state index >= 15 is 0 Å². The first-order valence-corrected chi connectivity index (χ1v) is 8.79. The van der Waals surface area contributed by atoms with E-state index < -0.39 is 11.8 Å². The highest BCUT2D eigenvalue weighted by Gasteiger charge is 2.32. The Morgan fingerprint density at radius 1 is 1.13 bits per heavy atom. The Morgan fingerprint density at radius 2 is 1.83 bits per heavy atom. The summed E-state index contributed by atoms with van der Waals surface area (Å²) in [5.41, 5.74) is 1.26. The molecule has 2 aromatic carbocycles. The van der Waals surface area contributed by atoms with E-state index in [1.54, 1.807) is 48.5 Å². The molecule has 0 radical (unpaired) electrons. The Hall–Kier alpha value is -4.57. The number of imide groups is 1. The zero-order valence-electron chi connectivity index (χ0n) is 15.8. The average molecular weight is 399 g/mol. The van der Waals surface area contributed by atoms with Crippen LogP contribution in [0.5, 0.6) is 11.5 Å². The van der Waals surface area contributed by atoms with Gasteiger partial charge < -0.3 is 15.2 Å². The van der Waals surface area contributed by atoms with E-state index in [0.717, 1.165) is 0 Å². The van der Waals surface area contributed by atoms with Gasteiger partial charge in [-0.1, -0.05) is 31.4 Å². The lowest BCUT2D eigenvalue weighted by molar-refractivity contribution is -0.124. The molecule has 2 amide bonds. The van der Waals surface area contributed by atoms with Crippen molar-refractivity contribution in [1.29, 1.82) is 5.26 Å². The van der Waals surface area contributed by atoms with E-state index in [4.69, 9.17) is 10.00 Å². The number of ether oxygens (including phenoxy) is 1. The normalized spacial score (nSPS) is 13.5. The van der Waals surface area contributed by atoms with Crippen LogP contribution in [0.4, 0.5) is 5.69 Å². The maximum Gasteiger partial charge on any atom is 0.275 e. The standard InChI is InChI=1S/C23H17N3O4/c1-3-15(12-14(2)27)20-21(23(29)26-22(20)28)25-17-8-10-18(11-9-17)30-19-7-5-4-6-16(19)13-24/h3-12,27H,1-2H2,(H2,25,26,28,29)/b15-12+. The zero-order valence-corrected chi connectivity index (χ0v) is 15.8. The van der Waals surface area contributed by atoms with E-state index in [9.17, 15) is 14.7 Å².